The van der Waals surface area contributed by atoms with Crippen LogP contribution in [0, 0.1) is 0 Å². The van der Waals surface area contributed by atoms with Gasteiger partial charge in [-0.15, -0.1) is 0 Å². The Balaban J connectivity index is 1.79. The Labute approximate surface area is 138 Å². The molecular formula is C11H14N5O8P. The first-order chi connectivity index (χ1) is 11.7. The number of rotatable bonds is 5. The van der Waals surface area contributed by atoms with Crippen molar-refractivity contribution in [3.8, 4) is 0 Å². The lowest BCUT2D eigenvalue weighted by molar-refractivity contribution is -0.0394. The van der Waals surface area contributed by atoms with Crippen LogP contribution in [-0.4, -0.2) is 59.2 Å². The minimum atomic E-state index is -4.84. The van der Waals surface area contributed by atoms with Crippen LogP contribution in [0.25, 0.3) is 11.2 Å². The van der Waals surface area contributed by atoms with E-state index in [9.17, 15) is 19.3 Å². The molecule has 14 heteroatoms. The Morgan fingerprint density at radius 3 is 3.00 bits per heavy atom. The highest BCUT2D eigenvalue weighted by molar-refractivity contribution is 7.70. The van der Waals surface area contributed by atoms with Crippen molar-refractivity contribution in [1.82, 2.24) is 19.5 Å². The minimum Gasteiger partial charge on any atom is -0.472 e. The Morgan fingerprint density at radius 2 is 2.32 bits per heavy atom. The fraction of sp³-hybridized carbons (Fsp3) is 0.455. The fourth-order valence-corrected chi connectivity index (χ4v) is 2.88. The summed E-state index contributed by atoms with van der Waals surface area (Å²) < 4.78 is 22.6. The number of aromatic nitrogens is 4. The molecule has 1 aliphatic heterocycles. The second-order valence-electron chi connectivity index (χ2n) is 5.31. The maximum Gasteiger partial charge on any atom is 0.435 e. The summed E-state index contributed by atoms with van der Waals surface area (Å²) in [4.78, 5) is 41.6. The smallest absolute Gasteiger partial charge is 0.435 e. The fourth-order valence-electron chi connectivity index (χ4n) is 2.42. The van der Waals surface area contributed by atoms with Gasteiger partial charge in [0.05, 0.1) is 19.0 Å². The van der Waals surface area contributed by atoms with Crippen molar-refractivity contribution in [2.45, 2.75) is 24.9 Å². The first-order valence-corrected chi connectivity index (χ1v) is 8.53. The van der Waals surface area contributed by atoms with Crippen molar-refractivity contribution in [3.05, 3.63) is 16.7 Å². The van der Waals surface area contributed by atoms with Crippen LogP contribution in [0.3, 0.4) is 0 Å². The molecule has 1 saturated heterocycles. The topological polar surface area (TPSA) is 203 Å². The van der Waals surface area contributed by atoms with Crippen molar-refractivity contribution in [3.63, 3.8) is 0 Å². The molecular weight excluding hydrogens is 361 g/mol. The lowest BCUT2D eigenvalue weighted by Gasteiger charge is -2.16. The zero-order valence-corrected chi connectivity index (χ0v) is 13.4. The number of fused-ring (bicyclic) bond motifs is 1. The van der Waals surface area contributed by atoms with Gasteiger partial charge in [-0.1, -0.05) is 0 Å². The average Bonchev–Trinajstić information content (AvgIpc) is 3.08. The predicted octanol–water partition coefficient (Wildman–Crippen LogP) is -0.770. The maximum atomic E-state index is 11.8. The van der Waals surface area contributed by atoms with Gasteiger partial charge < -0.3 is 25.6 Å². The quantitative estimate of drug-likeness (QED) is 0.410. The van der Waals surface area contributed by atoms with Crippen molar-refractivity contribution >= 4 is 30.4 Å². The highest BCUT2D eigenvalue weighted by atomic mass is 31.2. The van der Waals surface area contributed by atoms with Gasteiger partial charge in [0.25, 0.3) is 5.56 Å². The number of aromatic amines is 1. The number of nitrogens with zero attached hydrogens (tertiary/aromatic N) is 3. The van der Waals surface area contributed by atoms with E-state index in [-0.39, 0.29) is 23.5 Å². The minimum absolute atomic E-state index is 0.0257. The first-order valence-electron chi connectivity index (χ1n) is 6.95. The van der Waals surface area contributed by atoms with Gasteiger partial charge in [-0.3, -0.25) is 18.9 Å². The molecule has 4 atom stereocenters. The van der Waals surface area contributed by atoms with Crippen molar-refractivity contribution in [2.24, 2.45) is 0 Å². The number of H-pyrrole nitrogens is 1. The third-order valence-electron chi connectivity index (χ3n) is 3.62. The largest absolute Gasteiger partial charge is 0.472 e. The third-order valence-corrected chi connectivity index (χ3v) is 4.60. The van der Waals surface area contributed by atoms with E-state index < -0.39 is 43.9 Å². The molecule has 2 aromatic rings. The molecule has 3 rings (SSSR count). The second-order valence-corrected chi connectivity index (χ2v) is 6.99. The number of anilines is 1. The van der Waals surface area contributed by atoms with Crippen molar-refractivity contribution in [2.75, 3.05) is 12.3 Å². The standard InChI is InChI=1S/C11H14N5O8P/c12-10-14-8-7(9(18)15-10)13-3-16(8)6-1-4(17)5(24-6)2-23-25(21,22)11(19)20/h3-6,17H,1-2H2,(H,19,20)(H,21,22)(H3,12,14,15,18)/t4-,5+,6+/m0/s1. The molecule has 1 fully saturated rings. The van der Waals surface area contributed by atoms with Crippen LogP contribution < -0.4 is 11.3 Å². The number of ether oxygens (including phenoxy) is 1. The Bertz CT molecular complexity index is 925. The van der Waals surface area contributed by atoms with E-state index in [1.807, 2.05) is 0 Å². The molecule has 2 aromatic heterocycles. The SMILES string of the molecule is Nc1nc2c(ncn2[C@H]2C[C@H](O)[C@@H](COP(=O)(O)C(=O)O)O2)c(=O)[nH]1. The summed E-state index contributed by atoms with van der Waals surface area (Å²) in [5.41, 5.74) is 3.12. The number of imidazole rings is 1. The van der Waals surface area contributed by atoms with Gasteiger partial charge in [-0.2, -0.15) is 4.98 Å². The molecule has 0 radical (unpaired) electrons. The van der Waals surface area contributed by atoms with Gasteiger partial charge in [-0.25, -0.2) is 14.3 Å². The summed E-state index contributed by atoms with van der Waals surface area (Å²) in [7, 11) is -4.84. The van der Waals surface area contributed by atoms with Crippen LogP contribution in [0.2, 0.25) is 0 Å². The van der Waals surface area contributed by atoms with Gasteiger partial charge in [0, 0.05) is 6.42 Å². The number of aliphatic hydroxyl groups excluding tert-OH is 1. The number of aliphatic hydroxyl groups is 1. The number of hydrogen-bond acceptors (Lipinski definition) is 9. The monoisotopic (exact) mass is 375 g/mol. The summed E-state index contributed by atoms with van der Waals surface area (Å²) in [6, 6.07) is 0. The Hall–Kier alpha value is -2.31. The molecule has 0 aromatic carbocycles. The number of carboxylic acid groups (broad SMARTS) is 1. The average molecular weight is 375 g/mol. The molecule has 0 spiro atoms. The van der Waals surface area contributed by atoms with Gasteiger partial charge in [0.1, 0.15) is 12.3 Å². The zero-order valence-electron chi connectivity index (χ0n) is 12.5. The number of hydrogen-bond donors (Lipinski definition) is 5. The molecule has 0 saturated carbocycles. The summed E-state index contributed by atoms with van der Waals surface area (Å²) in [6.45, 7) is -0.611. The zero-order chi connectivity index (χ0) is 18.4. The van der Waals surface area contributed by atoms with Crippen LogP contribution >= 0.6 is 7.60 Å². The number of nitrogen functional groups attached to an aromatic ring is 1. The predicted molar refractivity (Wildman–Crippen MR) is 80.9 cm³/mol. The van der Waals surface area contributed by atoms with E-state index >= 15 is 0 Å². The summed E-state index contributed by atoms with van der Waals surface area (Å²) in [5.74, 6) is -0.125. The van der Waals surface area contributed by atoms with E-state index in [2.05, 4.69) is 19.5 Å². The Morgan fingerprint density at radius 1 is 1.60 bits per heavy atom. The summed E-state index contributed by atoms with van der Waals surface area (Å²) in [5, 5.41) is 18.6. The van der Waals surface area contributed by atoms with Crippen LogP contribution in [0.5, 0.6) is 0 Å². The summed E-state index contributed by atoms with van der Waals surface area (Å²) in [6.07, 6.45) is -1.64. The van der Waals surface area contributed by atoms with Crippen LogP contribution in [0.15, 0.2) is 11.1 Å². The van der Waals surface area contributed by atoms with E-state index in [1.54, 1.807) is 0 Å². The van der Waals surface area contributed by atoms with Crippen LogP contribution in [0.1, 0.15) is 12.6 Å². The molecule has 13 nitrogen and oxygen atoms in total. The van der Waals surface area contributed by atoms with Crippen molar-refractivity contribution < 1.29 is 33.7 Å². The van der Waals surface area contributed by atoms with E-state index in [1.165, 1.54) is 10.9 Å². The first kappa shape index (κ1) is 17.5. The number of nitrogens with two attached hydrogens (primary N) is 1. The molecule has 0 aliphatic carbocycles. The molecule has 1 unspecified atom stereocenters. The number of nitrogens with one attached hydrogen (secondary N) is 1. The molecule has 0 amide bonds. The molecule has 0 bridgehead atoms. The molecule has 136 valence electrons. The molecule has 25 heavy (non-hydrogen) atoms. The molecule has 1 aliphatic rings. The molecule has 3 heterocycles. The third kappa shape index (κ3) is 3.27. The van der Waals surface area contributed by atoms with Gasteiger partial charge >= 0.3 is 13.3 Å². The second kappa shape index (κ2) is 6.20. The van der Waals surface area contributed by atoms with Gasteiger partial charge in [-0.05, 0) is 0 Å². The Kier molecular flexibility index (Phi) is 4.34. The summed E-state index contributed by atoms with van der Waals surface area (Å²) >= 11 is 0. The van der Waals surface area contributed by atoms with E-state index in [0.29, 0.717) is 0 Å². The highest BCUT2D eigenvalue weighted by Gasteiger charge is 2.39. The van der Waals surface area contributed by atoms with Gasteiger partial charge in [0.15, 0.2) is 11.2 Å². The normalized spacial score (nSPS) is 25.9. The molecule has 6 N–H and O–H groups in total. The highest BCUT2D eigenvalue weighted by Crippen LogP contribution is 2.43. The van der Waals surface area contributed by atoms with Crippen LogP contribution in [0.4, 0.5) is 10.7 Å². The lowest BCUT2D eigenvalue weighted by Crippen LogP contribution is -2.26. The lowest BCUT2D eigenvalue weighted by atomic mass is 10.2. The van der Waals surface area contributed by atoms with E-state index in [0.717, 1.165) is 0 Å². The van der Waals surface area contributed by atoms with Crippen LogP contribution in [-0.2, 0) is 13.8 Å². The maximum absolute atomic E-state index is 11.8. The van der Waals surface area contributed by atoms with Gasteiger partial charge in [0.2, 0.25) is 5.95 Å². The van der Waals surface area contributed by atoms with E-state index in [4.69, 9.17) is 20.5 Å². The van der Waals surface area contributed by atoms with Crippen molar-refractivity contribution in [1.29, 1.82) is 0 Å². The number of carbonyl (C=O) groups is 1.